The van der Waals surface area contributed by atoms with E-state index in [0.29, 0.717) is 13.0 Å². The highest BCUT2D eigenvalue weighted by atomic mass is 16.5. The Labute approximate surface area is 193 Å². The van der Waals surface area contributed by atoms with Crippen molar-refractivity contribution in [1.29, 1.82) is 5.26 Å². The first-order valence-corrected chi connectivity index (χ1v) is 11.3. The summed E-state index contributed by atoms with van der Waals surface area (Å²) < 4.78 is 7.89. The SMILES string of the molecule is N#Cc1cccc2c1CCOC2CN1CCN(C(=O)Cc2ccc(-n3cnnc3)cc2)CC1. The number of carbonyl (C=O) groups excluding carboxylic acids is 1. The predicted octanol–water partition coefficient (Wildman–Crippen LogP) is 2.14. The highest BCUT2D eigenvalue weighted by Crippen LogP contribution is 2.30. The minimum atomic E-state index is -0.0199. The number of hydrogen-bond acceptors (Lipinski definition) is 6. The summed E-state index contributed by atoms with van der Waals surface area (Å²) in [6, 6.07) is 16.1. The van der Waals surface area contributed by atoms with E-state index in [1.165, 1.54) is 0 Å². The molecule has 0 bridgehead atoms. The van der Waals surface area contributed by atoms with E-state index in [1.54, 1.807) is 12.7 Å². The number of nitrogens with zero attached hydrogens (tertiary/aromatic N) is 6. The van der Waals surface area contributed by atoms with Gasteiger partial charge in [0.25, 0.3) is 0 Å². The van der Waals surface area contributed by atoms with Crippen LogP contribution in [0.1, 0.15) is 28.4 Å². The van der Waals surface area contributed by atoms with Gasteiger partial charge in [0.15, 0.2) is 0 Å². The average Bonchev–Trinajstić information content (AvgIpc) is 3.40. The van der Waals surface area contributed by atoms with Gasteiger partial charge in [-0.2, -0.15) is 5.26 Å². The van der Waals surface area contributed by atoms with Crippen molar-refractivity contribution in [2.24, 2.45) is 0 Å². The van der Waals surface area contributed by atoms with Gasteiger partial charge in [-0.15, -0.1) is 10.2 Å². The number of carbonyl (C=O) groups is 1. The first-order valence-electron chi connectivity index (χ1n) is 11.3. The number of fused-ring (bicyclic) bond motifs is 1. The standard InChI is InChI=1S/C25H26N6O2/c26-15-20-2-1-3-23-22(20)8-13-33-24(23)16-29-9-11-30(12-10-29)25(32)14-19-4-6-21(7-5-19)31-17-27-28-18-31/h1-7,17-18,24H,8-14,16H2. The fraction of sp³-hybridized carbons (Fsp3) is 0.360. The molecule has 8 nitrogen and oxygen atoms in total. The maximum Gasteiger partial charge on any atom is 0.227 e. The number of piperazine rings is 1. The quantitative estimate of drug-likeness (QED) is 0.602. The molecule has 0 radical (unpaired) electrons. The van der Waals surface area contributed by atoms with Crippen molar-refractivity contribution in [1.82, 2.24) is 24.6 Å². The van der Waals surface area contributed by atoms with Gasteiger partial charge in [-0.3, -0.25) is 14.3 Å². The molecule has 1 saturated heterocycles. The van der Waals surface area contributed by atoms with Crippen molar-refractivity contribution in [2.75, 3.05) is 39.3 Å². The third-order valence-corrected chi connectivity index (χ3v) is 6.51. The second kappa shape index (κ2) is 9.53. The molecule has 1 unspecified atom stereocenters. The Morgan fingerprint density at radius 1 is 1.06 bits per heavy atom. The van der Waals surface area contributed by atoms with Crippen LogP contribution in [0.25, 0.3) is 5.69 Å². The van der Waals surface area contributed by atoms with E-state index >= 15 is 0 Å². The van der Waals surface area contributed by atoms with Gasteiger partial charge >= 0.3 is 0 Å². The first kappa shape index (κ1) is 21.3. The van der Waals surface area contributed by atoms with Crippen LogP contribution in [0.5, 0.6) is 0 Å². The zero-order valence-corrected chi connectivity index (χ0v) is 18.4. The molecule has 3 aromatic rings. The highest BCUT2D eigenvalue weighted by Gasteiger charge is 2.27. The molecule has 0 aliphatic carbocycles. The van der Waals surface area contributed by atoms with Gasteiger partial charge in [-0.1, -0.05) is 24.3 Å². The van der Waals surface area contributed by atoms with Crippen LogP contribution in [0, 0.1) is 11.3 Å². The topological polar surface area (TPSA) is 87.3 Å². The third kappa shape index (κ3) is 4.65. The molecular weight excluding hydrogens is 416 g/mol. The van der Waals surface area contributed by atoms with Crippen molar-refractivity contribution in [3.05, 3.63) is 77.4 Å². The van der Waals surface area contributed by atoms with Gasteiger partial charge in [-0.05, 0) is 41.3 Å². The molecule has 1 atom stereocenters. The monoisotopic (exact) mass is 442 g/mol. The summed E-state index contributed by atoms with van der Waals surface area (Å²) in [6.07, 6.45) is 4.47. The Balaban J connectivity index is 1.14. The van der Waals surface area contributed by atoms with Gasteiger partial charge < -0.3 is 9.64 Å². The van der Waals surface area contributed by atoms with E-state index in [-0.39, 0.29) is 12.0 Å². The summed E-state index contributed by atoms with van der Waals surface area (Å²) >= 11 is 0. The molecule has 0 N–H and O–H groups in total. The fourth-order valence-electron chi connectivity index (χ4n) is 4.65. The molecule has 2 aliphatic heterocycles. The summed E-state index contributed by atoms with van der Waals surface area (Å²) in [5.41, 5.74) is 4.98. The molecule has 168 valence electrons. The lowest BCUT2D eigenvalue weighted by Crippen LogP contribution is -2.50. The maximum atomic E-state index is 12.8. The van der Waals surface area contributed by atoms with Crippen LogP contribution in [-0.2, 0) is 22.4 Å². The highest BCUT2D eigenvalue weighted by molar-refractivity contribution is 5.79. The lowest BCUT2D eigenvalue weighted by Gasteiger charge is -2.37. The summed E-state index contributed by atoms with van der Waals surface area (Å²) in [5, 5.41) is 17.0. The zero-order valence-electron chi connectivity index (χ0n) is 18.4. The zero-order chi connectivity index (χ0) is 22.6. The second-order valence-electron chi connectivity index (χ2n) is 8.49. The number of amides is 1. The molecular formula is C25H26N6O2. The van der Waals surface area contributed by atoms with Crippen LogP contribution in [0.3, 0.4) is 0 Å². The van der Waals surface area contributed by atoms with Crippen molar-refractivity contribution < 1.29 is 9.53 Å². The fourth-order valence-corrected chi connectivity index (χ4v) is 4.65. The number of hydrogen-bond donors (Lipinski definition) is 0. The molecule has 2 aromatic carbocycles. The molecule has 3 heterocycles. The molecule has 5 rings (SSSR count). The minimum absolute atomic E-state index is 0.0199. The number of nitriles is 1. The summed E-state index contributed by atoms with van der Waals surface area (Å²) in [5.74, 6) is 0.157. The van der Waals surface area contributed by atoms with Gasteiger partial charge in [0.1, 0.15) is 12.7 Å². The van der Waals surface area contributed by atoms with Gasteiger partial charge in [-0.25, -0.2) is 0 Å². The van der Waals surface area contributed by atoms with E-state index in [2.05, 4.69) is 27.2 Å². The van der Waals surface area contributed by atoms with E-state index in [9.17, 15) is 10.1 Å². The van der Waals surface area contributed by atoms with Gasteiger partial charge in [0.05, 0.1) is 30.8 Å². The molecule has 1 amide bonds. The normalized spacial score (nSPS) is 18.5. The molecule has 2 aliphatic rings. The lowest BCUT2D eigenvalue weighted by atomic mass is 9.93. The Bertz CT molecular complexity index is 1140. The average molecular weight is 443 g/mol. The summed E-state index contributed by atoms with van der Waals surface area (Å²) in [6.45, 7) is 4.52. The Morgan fingerprint density at radius 2 is 1.82 bits per heavy atom. The van der Waals surface area contributed by atoms with E-state index in [1.807, 2.05) is 45.9 Å². The first-order chi connectivity index (χ1) is 16.2. The van der Waals surface area contributed by atoms with Crippen molar-refractivity contribution in [3.8, 4) is 11.8 Å². The smallest absolute Gasteiger partial charge is 0.227 e. The van der Waals surface area contributed by atoms with Crippen LogP contribution in [0.2, 0.25) is 0 Å². The van der Waals surface area contributed by atoms with Crippen LogP contribution in [-0.4, -0.2) is 69.8 Å². The van der Waals surface area contributed by atoms with Crippen LogP contribution < -0.4 is 0 Å². The van der Waals surface area contributed by atoms with Crippen molar-refractivity contribution in [2.45, 2.75) is 18.9 Å². The number of aromatic nitrogens is 3. The Kier molecular flexibility index (Phi) is 6.15. The van der Waals surface area contributed by atoms with Crippen molar-refractivity contribution in [3.63, 3.8) is 0 Å². The predicted molar refractivity (Wildman–Crippen MR) is 122 cm³/mol. The number of rotatable bonds is 5. The van der Waals surface area contributed by atoms with E-state index in [0.717, 1.165) is 67.1 Å². The number of benzene rings is 2. The molecule has 33 heavy (non-hydrogen) atoms. The van der Waals surface area contributed by atoms with Crippen LogP contribution in [0.4, 0.5) is 0 Å². The summed E-state index contributed by atoms with van der Waals surface area (Å²) in [7, 11) is 0. The Morgan fingerprint density at radius 3 is 2.55 bits per heavy atom. The number of ether oxygens (including phenoxy) is 1. The van der Waals surface area contributed by atoms with Gasteiger partial charge in [0, 0.05) is 38.4 Å². The molecule has 8 heteroatoms. The molecule has 0 saturated carbocycles. The largest absolute Gasteiger partial charge is 0.372 e. The van der Waals surface area contributed by atoms with E-state index < -0.39 is 0 Å². The van der Waals surface area contributed by atoms with Crippen LogP contribution >= 0.6 is 0 Å². The van der Waals surface area contributed by atoms with Crippen molar-refractivity contribution >= 4 is 5.91 Å². The maximum absolute atomic E-state index is 12.8. The molecule has 0 spiro atoms. The molecule has 1 aromatic heterocycles. The van der Waals surface area contributed by atoms with Gasteiger partial charge in [0.2, 0.25) is 5.91 Å². The second-order valence-corrected chi connectivity index (χ2v) is 8.49. The van der Waals surface area contributed by atoms with Crippen LogP contribution in [0.15, 0.2) is 55.1 Å². The third-order valence-electron chi connectivity index (χ3n) is 6.51. The summed E-state index contributed by atoms with van der Waals surface area (Å²) in [4.78, 5) is 17.1. The molecule has 1 fully saturated rings. The minimum Gasteiger partial charge on any atom is -0.372 e. The lowest BCUT2D eigenvalue weighted by molar-refractivity contribution is -0.132. The Hall–Kier alpha value is -3.54. The van der Waals surface area contributed by atoms with E-state index in [4.69, 9.17) is 4.74 Å².